The van der Waals surface area contributed by atoms with E-state index in [2.05, 4.69) is 9.64 Å². The number of aliphatic hydroxyl groups is 1. The predicted octanol–water partition coefficient (Wildman–Crippen LogP) is 1.29. The van der Waals surface area contributed by atoms with Gasteiger partial charge < -0.3 is 14.7 Å². The van der Waals surface area contributed by atoms with Gasteiger partial charge in [-0.15, -0.1) is 0 Å². The Labute approximate surface area is 146 Å². The molecule has 0 spiro atoms. The minimum absolute atomic E-state index is 0.0239. The number of benzene rings is 1. The van der Waals surface area contributed by atoms with Crippen LogP contribution >= 0.6 is 0 Å². The first-order valence-corrected chi connectivity index (χ1v) is 8.17. The lowest BCUT2D eigenvalue weighted by Gasteiger charge is -2.35. The van der Waals surface area contributed by atoms with Crippen LogP contribution in [-0.4, -0.2) is 67.3 Å². The summed E-state index contributed by atoms with van der Waals surface area (Å²) in [5.41, 5.74) is 1.18. The topological polar surface area (TPSA) is 96.2 Å². The van der Waals surface area contributed by atoms with Crippen LogP contribution in [0.25, 0.3) is 6.08 Å². The molecule has 0 aromatic heterocycles. The first-order chi connectivity index (χ1) is 12.0. The number of hydrogen-bond donors (Lipinski definition) is 1. The fourth-order valence-corrected chi connectivity index (χ4v) is 2.80. The standard InChI is InChI=1S/C17H23N3O5/c1-25-17(22)6-4-14-3-5-15(16(13-14)20(23)24)19-10-8-18(9-11-19)7-2-12-21/h3-6,13,21H,2,7-12H2,1H3/b6-4+. The van der Waals surface area contributed by atoms with Gasteiger partial charge in [-0.2, -0.15) is 0 Å². The lowest BCUT2D eigenvalue weighted by atomic mass is 10.1. The first-order valence-electron chi connectivity index (χ1n) is 8.17. The second-order valence-electron chi connectivity index (χ2n) is 5.77. The minimum Gasteiger partial charge on any atom is -0.466 e. The number of carbonyl (C=O) groups is 1. The summed E-state index contributed by atoms with van der Waals surface area (Å²) in [5.74, 6) is -0.509. The van der Waals surface area contributed by atoms with Crippen molar-refractivity contribution in [2.24, 2.45) is 0 Å². The highest BCUT2D eigenvalue weighted by Gasteiger charge is 2.23. The van der Waals surface area contributed by atoms with Crippen molar-refractivity contribution < 1.29 is 19.6 Å². The minimum atomic E-state index is -0.509. The third-order valence-corrected chi connectivity index (χ3v) is 4.15. The van der Waals surface area contributed by atoms with Gasteiger partial charge in [0, 0.05) is 51.5 Å². The van der Waals surface area contributed by atoms with Gasteiger partial charge in [0.15, 0.2) is 0 Å². The van der Waals surface area contributed by atoms with Crippen molar-refractivity contribution in [3.63, 3.8) is 0 Å². The van der Waals surface area contributed by atoms with Gasteiger partial charge in [0.25, 0.3) is 5.69 Å². The third kappa shape index (κ3) is 5.27. The number of aliphatic hydroxyl groups excluding tert-OH is 1. The molecule has 2 rings (SSSR count). The van der Waals surface area contributed by atoms with Gasteiger partial charge in [0.2, 0.25) is 0 Å². The Kier molecular flexibility index (Phi) is 6.91. The Morgan fingerprint density at radius 2 is 2.08 bits per heavy atom. The number of carbonyl (C=O) groups excluding carboxylic acids is 1. The van der Waals surface area contributed by atoms with Gasteiger partial charge >= 0.3 is 5.97 Å². The number of hydrogen-bond acceptors (Lipinski definition) is 7. The van der Waals surface area contributed by atoms with E-state index in [1.807, 2.05) is 4.90 Å². The van der Waals surface area contributed by atoms with Crippen LogP contribution in [0.3, 0.4) is 0 Å². The number of methoxy groups -OCH3 is 1. The quantitative estimate of drug-likeness (QED) is 0.343. The van der Waals surface area contributed by atoms with Gasteiger partial charge in [0.05, 0.1) is 12.0 Å². The number of ether oxygens (including phenoxy) is 1. The molecule has 1 aliphatic rings. The highest BCUT2D eigenvalue weighted by molar-refractivity contribution is 5.87. The zero-order chi connectivity index (χ0) is 18.2. The maximum absolute atomic E-state index is 11.4. The summed E-state index contributed by atoms with van der Waals surface area (Å²) in [4.78, 5) is 26.4. The molecule has 0 unspecified atom stereocenters. The van der Waals surface area contributed by atoms with Crippen molar-refractivity contribution in [2.45, 2.75) is 6.42 Å². The average molecular weight is 349 g/mol. The molecule has 8 nitrogen and oxygen atoms in total. The van der Waals surface area contributed by atoms with E-state index in [1.165, 1.54) is 25.3 Å². The van der Waals surface area contributed by atoms with Crippen molar-refractivity contribution >= 4 is 23.4 Å². The summed E-state index contributed by atoms with van der Waals surface area (Å²) in [6.07, 6.45) is 3.47. The number of nitro groups is 1. The van der Waals surface area contributed by atoms with Crippen LogP contribution in [-0.2, 0) is 9.53 Å². The molecule has 8 heteroatoms. The van der Waals surface area contributed by atoms with Crippen molar-refractivity contribution in [2.75, 3.05) is 51.3 Å². The molecule has 1 aromatic rings. The number of piperazine rings is 1. The van der Waals surface area contributed by atoms with Crippen molar-refractivity contribution in [1.82, 2.24) is 4.90 Å². The molecular weight excluding hydrogens is 326 g/mol. The number of esters is 1. The van der Waals surface area contributed by atoms with Crippen molar-refractivity contribution in [3.05, 3.63) is 40.0 Å². The summed E-state index contributed by atoms with van der Waals surface area (Å²) < 4.78 is 4.52. The molecule has 0 bridgehead atoms. The lowest BCUT2D eigenvalue weighted by Crippen LogP contribution is -2.46. The molecule has 0 amide bonds. The zero-order valence-corrected chi connectivity index (χ0v) is 14.3. The Hall–Kier alpha value is -2.45. The Bertz CT molecular complexity index is 639. The maximum Gasteiger partial charge on any atom is 0.330 e. The van der Waals surface area contributed by atoms with E-state index in [1.54, 1.807) is 12.1 Å². The Morgan fingerprint density at radius 1 is 1.36 bits per heavy atom. The highest BCUT2D eigenvalue weighted by Crippen LogP contribution is 2.30. The van der Waals surface area contributed by atoms with E-state index in [0.29, 0.717) is 24.3 Å². The fraction of sp³-hybridized carbons (Fsp3) is 0.471. The van der Waals surface area contributed by atoms with Gasteiger partial charge in [-0.25, -0.2) is 4.79 Å². The second-order valence-corrected chi connectivity index (χ2v) is 5.77. The molecule has 1 aromatic carbocycles. The molecule has 0 atom stereocenters. The molecule has 1 fully saturated rings. The van der Waals surface area contributed by atoms with Crippen LogP contribution in [0.15, 0.2) is 24.3 Å². The summed E-state index contributed by atoms with van der Waals surface area (Å²) in [5, 5.41) is 20.3. The van der Waals surface area contributed by atoms with E-state index < -0.39 is 10.9 Å². The number of anilines is 1. The Balaban J connectivity index is 2.12. The summed E-state index contributed by atoms with van der Waals surface area (Å²) in [7, 11) is 1.28. The third-order valence-electron chi connectivity index (χ3n) is 4.15. The smallest absolute Gasteiger partial charge is 0.330 e. The zero-order valence-electron chi connectivity index (χ0n) is 14.3. The molecule has 0 radical (unpaired) electrons. The van der Waals surface area contributed by atoms with E-state index in [9.17, 15) is 14.9 Å². The number of rotatable bonds is 7. The predicted molar refractivity (Wildman–Crippen MR) is 94.5 cm³/mol. The van der Waals surface area contributed by atoms with Crippen LogP contribution in [0.1, 0.15) is 12.0 Å². The lowest BCUT2D eigenvalue weighted by molar-refractivity contribution is -0.384. The van der Waals surface area contributed by atoms with Crippen molar-refractivity contribution in [1.29, 1.82) is 0 Å². The molecule has 0 aliphatic carbocycles. The molecule has 1 heterocycles. The highest BCUT2D eigenvalue weighted by atomic mass is 16.6. The van der Waals surface area contributed by atoms with Gasteiger partial charge in [-0.3, -0.25) is 15.0 Å². The van der Waals surface area contributed by atoms with E-state index in [4.69, 9.17) is 5.11 Å². The molecule has 25 heavy (non-hydrogen) atoms. The van der Waals surface area contributed by atoms with Crippen LogP contribution in [0.2, 0.25) is 0 Å². The van der Waals surface area contributed by atoms with E-state index in [-0.39, 0.29) is 12.3 Å². The van der Waals surface area contributed by atoms with Gasteiger partial charge in [-0.1, -0.05) is 6.07 Å². The SMILES string of the molecule is COC(=O)/C=C/c1ccc(N2CCN(CCCO)CC2)c([N+](=O)[O-])c1. The average Bonchev–Trinajstić information content (AvgIpc) is 2.64. The fourth-order valence-electron chi connectivity index (χ4n) is 2.80. The molecule has 1 aliphatic heterocycles. The number of nitrogens with zero attached hydrogens (tertiary/aromatic N) is 3. The summed E-state index contributed by atoms with van der Waals surface area (Å²) in [6, 6.07) is 4.94. The van der Waals surface area contributed by atoms with Gasteiger partial charge in [-0.05, 0) is 24.1 Å². The van der Waals surface area contributed by atoms with Crippen LogP contribution in [0, 0.1) is 10.1 Å². The largest absolute Gasteiger partial charge is 0.466 e. The van der Waals surface area contributed by atoms with E-state index >= 15 is 0 Å². The summed E-state index contributed by atoms with van der Waals surface area (Å²) in [6.45, 7) is 4.02. The Morgan fingerprint density at radius 3 is 2.68 bits per heavy atom. The molecule has 136 valence electrons. The molecule has 0 saturated carbocycles. The van der Waals surface area contributed by atoms with Crippen LogP contribution in [0.5, 0.6) is 0 Å². The molecule has 1 saturated heterocycles. The second kappa shape index (κ2) is 9.14. The van der Waals surface area contributed by atoms with Gasteiger partial charge in [0.1, 0.15) is 5.69 Å². The molecule has 1 N–H and O–H groups in total. The maximum atomic E-state index is 11.4. The summed E-state index contributed by atoms with van der Waals surface area (Å²) >= 11 is 0. The normalized spacial score (nSPS) is 15.5. The van der Waals surface area contributed by atoms with Crippen LogP contribution in [0.4, 0.5) is 11.4 Å². The van der Waals surface area contributed by atoms with Crippen molar-refractivity contribution in [3.8, 4) is 0 Å². The number of nitro benzene ring substituents is 1. The monoisotopic (exact) mass is 349 g/mol. The van der Waals surface area contributed by atoms with Crippen LogP contribution < -0.4 is 4.90 Å². The first kappa shape index (κ1) is 18.9. The van der Waals surface area contributed by atoms with E-state index in [0.717, 1.165) is 26.1 Å². The molecular formula is C17H23N3O5.